The standard InChI is InChI=1S/C14H18BrF2N/c15-13-6-2-1-4-12(13)5-3-9-18-10-7-14(16,17)8-11-18/h1-2,4,6H,3,5,7-11H2. The fourth-order valence-corrected chi connectivity index (χ4v) is 2.78. The Balaban J connectivity index is 1.72. The van der Waals surface area contributed by atoms with E-state index in [0.717, 1.165) is 23.9 Å². The van der Waals surface area contributed by atoms with Gasteiger partial charge in [0.2, 0.25) is 0 Å². The Hall–Kier alpha value is -0.480. The zero-order valence-electron chi connectivity index (χ0n) is 10.3. The minimum Gasteiger partial charge on any atom is -0.303 e. The predicted molar refractivity (Wildman–Crippen MR) is 73.1 cm³/mol. The number of alkyl halides is 2. The summed E-state index contributed by atoms with van der Waals surface area (Å²) in [6.07, 6.45) is 2.05. The summed E-state index contributed by atoms with van der Waals surface area (Å²) in [6.45, 7) is 1.98. The van der Waals surface area contributed by atoms with Crippen LogP contribution in [0.4, 0.5) is 8.78 Å². The molecule has 0 radical (unpaired) electrons. The van der Waals surface area contributed by atoms with Crippen LogP contribution in [0.25, 0.3) is 0 Å². The van der Waals surface area contributed by atoms with Crippen LogP contribution in [-0.2, 0) is 6.42 Å². The van der Waals surface area contributed by atoms with Crippen LogP contribution >= 0.6 is 15.9 Å². The van der Waals surface area contributed by atoms with Gasteiger partial charge in [-0.05, 0) is 31.0 Å². The second kappa shape index (κ2) is 6.11. The molecule has 0 aromatic heterocycles. The van der Waals surface area contributed by atoms with Crippen molar-refractivity contribution < 1.29 is 8.78 Å². The van der Waals surface area contributed by atoms with Gasteiger partial charge in [0.25, 0.3) is 5.92 Å². The van der Waals surface area contributed by atoms with Crippen LogP contribution in [-0.4, -0.2) is 30.5 Å². The second-order valence-corrected chi connectivity index (χ2v) is 5.75. The summed E-state index contributed by atoms with van der Waals surface area (Å²) in [6, 6.07) is 8.17. The van der Waals surface area contributed by atoms with E-state index in [1.807, 2.05) is 18.2 Å². The number of rotatable bonds is 4. The molecule has 1 nitrogen and oxygen atoms in total. The lowest BCUT2D eigenvalue weighted by Crippen LogP contribution is -2.39. The van der Waals surface area contributed by atoms with Gasteiger partial charge >= 0.3 is 0 Å². The number of benzene rings is 1. The van der Waals surface area contributed by atoms with E-state index in [1.54, 1.807) is 0 Å². The van der Waals surface area contributed by atoms with Gasteiger partial charge in [0, 0.05) is 30.4 Å². The second-order valence-electron chi connectivity index (χ2n) is 4.89. The maximum atomic E-state index is 13.0. The average molecular weight is 318 g/mol. The zero-order chi connectivity index (χ0) is 13.0. The molecular weight excluding hydrogens is 300 g/mol. The average Bonchev–Trinajstić information content (AvgIpc) is 2.34. The molecule has 0 N–H and O–H groups in total. The van der Waals surface area contributed by atoms with Crippen LogP contribution in [0.1, 0.15) is 24.8 Å². The topological polar surface area (TPSA) is 3.24 Å². The lowest BCUT2D eigenvalue weighted by atomic mass is 10.1. The molecule has 1 aliphatic heterocycles. The molecule has 1 aliphatic rings. The molecule has 100 valence electrons. The number of hydrogen-bond acceptors (Lipinski definition) is 1. The van der Waals surface area contributed by atoms with Crippen molar-refractivity contribution in [2.24, 2.45) is 0 Å². The third-order valence-corrected chi connectivity index (χ3v) is 4.24. The molecule has 1 fully saturated rings. The van der Waals surface area contributed by atoms with E-state index in [4.69, 9.17) is 0 Å². The molecule has 1 aromatic rings. The zero-order valence-corrected chi connectivity index (χ0v) is 11.9. The molecule has 18 heavy (non-hydrogen) atoms. The molecule has 0 amide bonds. The molecule has 0 saturated carbocycles. The van der Waals surface area contributed by atoms with Crippen LogP contribution in [0.5, 0.6) is 0 Å². The Kier molecular flexibility index (Phi) is 4.73. The first-order valence-corrected chi connectivity index (χ1v) is 7.20. The summed E-state index contributed by atoms with van der Waals surface area (Å²) in [5.41, 5.74) is 1.29. The van der Waals surface area contributed by atoms with E-state index in [0.29, 0.717) is 13.1 Å². The molecule has 2 rings (SSSR count). The lowest BCUT2D eigenvalue weighted by molar-refractivity contribution is -0.0551. The fourth-order valence-electron chi connectivity index (χ4n) is 2.30. The number of halogens is 3. The molecule has 0 unspecified atom stereocenters. The highest BCUT2D eigenvalue weighted by atomic mass is 79.9. The van der Waals surface area contributed by atoms with Gasteiger partial charge in [-0.1, -0.05) is 34.1 Å². The number of likely N-dealkylation sites (tertiary alicyclic amines) is 1. The van der Waals surface area contributed by atoms with E-state index in [2.05, 4.69) is 26.9 Å². The van der Waals surface area contributed by atoms with E-state index < -0.39 is 5.92 Å². The van der Waals surface area contributed by atoms with Crippen molar-refractivity contribution >= 4 is 15.9 Å². The maximum absolute atomic E-state index is 13.0. The molecule has 0 bridgehead atoms. The summed E-state index contributed by atoms with van der Waals surface area (Å²) in [5, 5.41) is 0. The van der Waals surface area contributed by atoms with Crippen molar-refractivity contribution in [2.45, 2.75) is 31.6 Å². The van der Waals surface area contributed by atoms with Crippen LogP contribution in [0.3, 0.4) is 0 Å². The summed E-state index contributed by atoms with van der Waals surface area (Å²) in [4.78, 5) is 2.15. The third kappa shape index (κ3) is 4.02. The Bertz CT molecular complexity index is 385. The third-order valence-electron chi connectivity index (χ3n) is 3.47. The highest BCUT2D eigenvalue weighted by Gasteiger charge is 2.33. The van der Waals surface area contributed by atoms with Gasteiger partial charge < -0.3 is 4.90 Å². The van der Waals surface area contributed by atoms with Gasteiger partial charge in [0.1, 0.15) is 0 Å². The number of aryl methyl sites for hydroxylation is 1. The Morgan fingerprint density at radius 2 is 1.83 bits per heavy atom. The maximum Gasteiger partial charge on any atom is 0.250 e. The van der Waals surface area contributed by atoms with Gasteiger partial charge in [0.15, 0.2) is 0 Å². The SMILES string of the molecule is FC1(F)CCN(CCCc2ccccc2Br)CC1. The van der Waals surface area contributed by atoms with Crippen molar-refractivity contribution in [2.75, 3.05) is 19.6 Å². The molecule has 0 aliphatic carbocycles. The summed E-state index contributed by atoms with van der Waals surface area (Å²) in [5.74, 6) is -2.43. The highest BCUT2D eigenvalue weighted by Crippen LogP contribution is 2.27. The van der Waals surface area contributed by atoms with E-state index in [-0.39, 0.29) is 12.8 Å². The van der Waals surface area contributed by atoms with Gasteiger partial charge in [-0.25, -0.2) is 8.78 Å². The minimum absolute atomic E-state index is 0.0159. The summed E-state index contributed by atoms with van der Waals surface area (Å²) < 4.78 is 27.1. The number of piperidine rings is 1. The molecule has 0 spiro atoms. The van der Waals surface area contributed by atoms with Gasteiger partial charge in [-0.2, -0.15) is 0 Å². The van der Waals surface area contributed by atoms with Crippen molar-refractivity contribution in [1.82, 2.24) is 4.90 Å². The van der Waals surface area contributed by atoms with E-state index in [1.165, 1.54) is 5.56 Å². The molecule has 1 aromatic carbocycles. The summed E-state index contributed by atoms with van der Waals surface area (Å²) >= 11 is 3.52. The quantitative estimate of drug-likeness (QED) is 0.807. The monoisotopic (exact) mass is 317 g/mol. The molecular formula is C14H18BrF2N. The highest BCUT2D eigenvalue weighted by molar-refractivity contribution is 9.10. The number of nitrogens with zero attached hydrogens (tertiary/aromatic N) is 1. The fraction of sp³-hybridized carbons (Fsp3) is 0.571. The smallest absolute Gasteiger partial charge is 0.250 e. The minimum atomic E-state index is -2.43. The largest absolute Gasteiger partial charge is 0.303 e. The van der Waals surface area contributed by atoms with Crippen molar-refractivity contribution in [1.29, 1.82) is 0 Å². The van der Waals surface area contributed by atoms with Crippen LogP contribution in [0, 0.1) is 0 Å². The first-order valence-electron chi connectivity index (χ1n) is 6.40. The van der Waals surface area contributed by atoms with E-state index in [9.17, 15) is 8.78 Å². The van der Waals surface area contributed by atoms with Crippen molar-refractivity contribution in [3.8, 4) is 0 Å². The van der Waals surface area contributed by atoms with Gasteiger partial charge in [-0.3, -0.25) is 0 Å². The number of hydrogen-bond donors (Lipinski definition) is 0. The predicted octanol–water partition coefficient (Wildman–Crippen LogP) is 4.11. The Morgan fingerprint density at radius 1 is 1.17 bits per heavy atom. The van der Waals surface area contributed by atoms with E-state index >= 15 is 0 Å². The van der Waals surface area contributed by atoms with Crippen LogP contribution < -0.4 is 0 Å². The van der Waals surface area contributed by atoms with Crippen molar-refractivity contribution in [3.63, 3.8) is 0 Å². The van der Waals surface area contributed by atoms with Gasteiger partial charge in [0.05, 0.1) is 0 Å². The Labute approximate surface area is 115 Å². The Morgan fingerprint density at radius 3 is 2.50 bits per heavy atom. The van der Waals surface area contributed by atoms with Gasteiger partial charge in [-0.15, -0.1) is 0 Å². The van der Waals surface area contributed by atoms with Crippen molar-refractivity contribution in [3.05, 3.63) is 34.3 Å². The first kappa shape index (κ1) is 13.9. The molecule has 1 saturated heterocycles. The first-order chi connectivity index (χ1) is 8.57. The molecule has 4 heteroatoms. The lowest BCUT2D eigenvalue weighted by Gasteiger charge is -2.31. The van der Waals surface area contributed by atoms with Crippen LogP contribution in [0.15, 0.2) is 28.7 Å². The normalized spacial score (nSPS) is 19.9. The molecule has 1 heterocycles. The van der Waals surface area contributed by atoms with Crippen LogP contribution in [0.2, 0.25) is 0 Å². The summed E-state index contributed by atoms with van der Waals surface area (Å²) in [7, 11) is 0. The molecule has 0 atom stereocenters.